The third-order valence-electron chi connectivity index (χ3n) is 3.81. The van der Waals surface area contributed by atoms with E-state index in [2.05, 4.69) is 17.4 Å². The lowest BCUT2D eigenvalue weighted by molar-refractivity contribution is 0.0278. The molecule has 6 heteroatoms. The second kappa shape index (κ2) is 6.78. The average molecular weight is 293 g/mol. The minimum Gasteiger partial charge on any atom is -0.496 e. The molecular formula is C15H23N3O3. The molecule has 6 nitrogen and oxygen atoms in total. The molecule has 0 aliphatic carbocycles. The molecule has 1 atom stereocenters. The highest BCUT2D eigenvalue weighted by Crippen LogP contribution is 2.22. The van der Waals surface area contributed by atoms with E-state index in [1.165, 1.54) is 0 Å². The molecule has 1 heterocycles. The highest BCUT2D eigenvalue weighted by molar-refractivity contribution is 5.99. The van der Waals surface area contributed by atoms with E-state index in [0.717, 1.165) is 31.6 Å². The van der Waals surface area contributed by atoms with Crippen LogP contribution in [-0.2, 0) is 11.3 Å². The van der Waals surface area contributed by atoms with Gasteiger partial charge in [-0.15, -0.1) is 0 Å². The average Bonchev–Trinajstić information content (AvgIpc) is 2.52. The molecule has 1 aliphatic heterocycles. The van der Waals surface area contributed by atoms with Gasteiger partial charge in [0.15, 0.2) is 5.84 Å². The largest absolute Gasteiger partial charge is 0.496 e. The molecule has 1 aliphatic rings. The standard InChI is InChI=1S/C15H23N3O3/c1-15(6-3-7-21-10-15)17-9-11-4-5-12(14(16)18-19)13(8-11)20-2/h4-5,8,17,19H,3,6-7,9-10H2,1-2H3,(H2,16,18). The first-order valence-electron chi connectivity index (χ1n) is 7.05. The van der Waals surface area contributed by atoms with Gasteiger partial charge in [-0.1, -0.05) is 11.2 Å². The van der Waals surface area contributed by atoms with Gasteiger partial charge in [0.1, 0.15) is 5.75 Å². The number of nitrogens with two attached hydrogens (primary N) is 1. The smallest absolute Gasteiger partial charge is 0.173 e. The minimum atomic E-state index is 0.00966. The first-order chi connectivity index (χ1) is 10.1. The van der Waals surface area contributed by atoms with Crippen molar-refractivity contribution in [1.82, 2.24) is 5.32 Å². The van der Waals surface area contributed by atoms with Crippen LogP contribution in [0.2, 0.25) is 0 Å². The van der Waals surface area contributed by atoms with Crippen molar-refractivity contribution in [2.45, 2.75) is 31.8 Å². The number of rotatable bonds is 5. The van der Waals surface area contributed by atoms with Crippen LogP contribution in [0.25, 0.3) is 0 Å². The quantitative estimate of drug-likeness (QED) is 0.331. The summed E-state index contributed by atoms with van der Waals surface area (Å²) >= 11 is 0. The fraction of sp³-hybridized carbons (Fsp3) is 0.533. The Bertz CT molecular complexity index is 511. The van der Waals surface area contributed by atoms with Crippen LogP contribution in [0.3, 0.4) is 0 Å². The van der Waals surface area contributed by atoms with E-state index >= 15 is 0 Å². The van der Waals surface area contributed by atoms with Crippen LogP contribution >= 0.6 is 0 Å². The number of ether oxygens (including phenoxy) is 2. The molecule has 0 radical (unpaired) electrons. The van der Waals surface area contributed by atoms with E-state index in [0.29, 0.717) is 17.9 Å². The lowest BCUT2D eigenvalue weighted by Gasteiger charge is -2.34. The van der Waals surface area contributed by atoms with Crippen molar-refractivity contribution in [2.75, 3.05) is 20.3 Å². The predicted molar refractivity (Wildman–Crippen MR) is 80.8 cm³/mol. The van der Waals surface area contributed by atoms with Crippen LogP contribution in [0, 0.1) is 0 Å². The zero-order chi connectivity index (χ0) is 15.3. The zero-order valence-corrected chi connectivity index (χ0v) is 12.6. The summed E-state index contributed by atoms with van der Waals surface area (Å²) in [6.45, 7) is 4.47. The molecule has 1 fully saturated rings. The summed E-state index contributed by atoms with van der Waals surface area (Å²) in [5, 5.41) is 15.3. The van der Waals surface area contributed by atoms with Gasteiger partial charge in [-0.3, -0.25) is 0 Å². The summed E-state index contributed by atoms with van der Waals surface area (Å²) in [5.41, 5.74) is 7.29. The zero-order valence-electron chi connectivity index (χ0n) is 12.6. The van der Waals surface area contributed by atoms with Gasteiger partial charge in [-0.2, -0.15) is 0 Å². The predicted octanol–water partition coefficient (Wildman–Crippen LogP) is 1.45. The maximum absolute atomic E-state index is 8.77. The Labute approximate surface area is 124 Å². The fourth-order valence-electron chi connectivity index (χ4n) is 2.50. The molecule has 1 aromatic carbocycles. The van der Waals surface area contributed by atoms with Crippen LogP contribution < -0.4 is 15.8 Å². The number of hydrogen-bond donors (Lipinski definition) is 3. The SMILES string of the molecule is COc1cc(CNC2(C)CCCOC2)ccc1/C(N)=N/O. The molecular weight excluding hydrogens is 270 g/mol. The monoisotopic (exact) mass is 293 g/mol. The van der Waals surface area contributed by atoms with E-state index in [1.54, 1.807) is 13.2 Å². The van der Waals surface area contributed by atoms with Gasteiger partial charge in [-0.25, -0.2) is 0 Å². The number of hydrogen-bond acceptors (Lipinski definition) is 5. The van der Waals surface area contributed by atoms with E-state index in [9.17, 15) is 0 Å². The van der Waals surface area contributed by atoms with Gasteiger partial charge in [0.2, 0.25) is 0 Å². The first-order valence-corrected chi connectivity index (χ1v) is 7.05. The molecule has 0 bridgehead atoms. The number of nitrogens with one attached hydrogen (secondary N) is 1. The highest BCUT2D eigenvalue weighted by Gasteiger charge is 2.26. The maximum atomic E-state index is 8.77. The summed E-state index contributed by atoms with van der Waals surface area (Å²) in [6, 6.07) is 5.63. The van der Waals surface area contributed by atoms with Crippen molar-refractivity contribution >= 4 is 5.84 Å². The normalized spacial score (nSPS) is 23.0. The summed E-state index contributed by atoms with van der Waals surface area (Å²) in [4.78, 5) is 0. The van der Waals surface area contributed by atoms with Crippen LogP contribution in [0.15, 0.2) is 23.4 Å². The van der Waals surface area contributed by atoms with Crippen molar-refractivity contribution in [2.24, 2.45) is 10.9 Å². The van der Waals surface area contributed by atoms with Crippen LogP contribution in [-0.4, -0.2) is 36.9 Å². The Hall–Kier alpha value is -1.79. The van der Waals surface area contributed by atoms with Gasteiger partial charge in [0.05, 0.1) is 19.3 Å². The number of benzene rings is 1. The Balaban J connectivity index is 2.07. The molecule has 1 saturated heterocycles. The molecule has 1 aromatic rings. The number of amidine groups is 1. The minimum absolute atomic E-state index is 0.00966. The fourth-order valence-corrected chi connectivity index (χ4v) is 2.50. The molecule has 116 valence electrons. The van der Waals surface area contributed by atoms with Gasteiger partial charge < -0.3 is 25.7 Å². The van der Waals surface area contributed by atoms with Gasteiger partial charge in [0, 0.05) is 18.7 Å². The second-order valence-corrected chi connectivity index (χ2v) is 5.59. The number of methoxy groups -OCH3 is 1. The molecule has 0 spiro atoms. The third-order valence-corrected chi connectivity index (χ3v) is 3.81. The van der Waals surface area contributed by atoms with Crippen molar-refractivity contribution < 1.29 is 14.7 Å². The van der Waals surface area contributed by atoms with E-state index in [-0.39, 0.29) is 11.4 Å². The summed E-state index contributed by atoms with van der Waals surface area (Å²) in [6.07, 6.45) is 2.18. The topological polar surface area (TPSA) is 89.1 Å². The van der Waals surface area contributed by atoms with Crippen LogP contribution in [0.1, 0.15) is 30.9 Å². The molecule has 2 rings (SSSR count). The second-order valence-electron chi connectivity index (χ2n) is 5.59. The first kappa shape index (κ1) is 15.6. The van der Waals surface area contributed by atoms with Crippen molar-refractivity contribution in [3.63, 3.8) is 0 Å². The Morgan fingerprint density at radius 2 is 2.38 bits per heavy atom. The number of nitrogens with zero attached hydrogens (tertiary/aromatic N) is 1. The summed E-state index contributed by atoms with van der Waals surface area (Å²) < 4.78 is 10.8. The molecule has 21 heavy (non-hydrogen) atoms. The van der Waals surface area contributed by atoms with E-state index in [1.807, 2.05) is 12.1 Å². The number of oxime groups is 1. The van der Waals surface area contributed by atoms with Crippen LogP contribution in [0.5, 0.6) is 5.75 Å². The third kappa shape index (κ3) is 3.86. The molecule has 0 aromatic heterocycles. The maximum Gasteiger partial charge on any atom is 0.173 e. The molecule has 0 amide bonds. The van der Waals surface area contributed by atoms with E-state index in [4.69, 9.17) is 20.4 Å². The Morgan fingerprint density at radius 3 is 3.00 bits per heavy atom. The Kier molecular flexibility index (Phi) is 5.03. The van der Waals surface area contributed by atoms with Gasteiger partial charge in [0.25, 0.3) is 0 Å². The molecule has 0 saturated carbocycles. The molecule has 1 unspecified atom stereocenters. The van der Waals surface area contributed by atoms with Gasteiger partial charge in [-0.05, 0) is 37.5 Å². The van der Waals surface area contributed by atoms with Crippen molar-refractivity contribution in [1.29, 1.82) is 0 Å². The van der Waals surface area contributed by atoms with E-state index < -0.39 is 0 Å². The van der Waals surface area contributed by atoms with Gasteiger partial charge >= 0.3 is 0 Å². The lowest BCUT2D eigenvalue weighted by atomic mass is 9.94. The van der Waals surface area contributed by atoms with Crippen molar-refractivity contribution in [3.05, 3.63) is 29.3 Å². The summed E-state index contributed by atoms with van der Waals surface area (Å²) in [7, 11) is 1.57. The van der Waals surface area contributed by atoms with Crippen LogP contribution in [0.4, 0.5) is 0 Å². The lowest BCUT2D eigenvalue weighted by Crippen LogP contribution is -2.48. The Morgan fingerprint density at radius 1 is 1.57 bits per heavy atom. The van der Waals surface area contributed by atoms with Crippen molar-refractivity contribution in [3.8, 4) is 5.75 Å². The highest BCUT2D eigenvalue weighted by atomic mass is 16.5. The molecule has 4 N–H and O–H groups in total. The summed E-state index contributed by atoms with van der Waals surface area (Å²) in [5.74, 6) is 0.633.